The number of nitrogens with zero attached hydrogens (tertiary/aromatic N) is 3. The SMILES string of the molecule is CN1CCOc2ccccc2C(=O)NCCCCC2(CCN(C(=O)COc3ccc(-n4cccc4)cc3)CC2)C1=O. The smallest absolute Gasteiger partial charge is 0.260 e. The molecular weight excluding hydrogens is 520 g/mol. The van der Waals surface area contributed by atoms with E-state index in [1.807, 2.05) is 72.5 Å². The second-order valence-electron chi connectivity index (χ2n) is 10.8. The predicted molar refractivity (Wildman–Crippen MR) is 155 cm³/mol. The lowest BCUT2D eigenvalue weighted by atomic mass is 9.73. The van der Waals surface area contributed by atoms with E-state index >= 15 is 0 Å². The summed E-state index contributed by atoms with van der Waals surface area (Å²) in [5, 5.41) is 2.98. The first-order valence-electron chi connectivity index (χ1n) is 14.3. The van der Waals surface area contributed by atoms with Crippen LogP contribution < -0.4 is 14.8 Å². The summed E-state index contributed by atoms with van der Waals surface area (Å²) >= 11 is 0. The van der Waals surface area contributed by atoms with E-state index in [0.29, 0.717) is 56.1 Å². The Balaban J connectivity index is 1.17. The maximum absolute atomic E-state index is 13.8. The molecule has 3 aromatic rings. The quantitative estimate of drug-likeness (QED) is 0.524. The molecule has 0 saturated carbocycles. The third kappa shape index (κ3) is 6.73. The van der Waals surface area contributed by atoms with E-state index in [9.17, 15) is 14.4 Å². The van der Waals surface area contributed by atoms with Gasteiger partial charge in [-0.15, -0.1) is 0 Å². The summed E-state index contributed by atoms with van der Waals surface area (Å²) in [7, 11) is 1.81. The highest BCUT2D eigenvalue weighted by Crippen LogP contribution is 2.38. The predicted octanol–water partition coefficient (Wildman–Crippen LogP) is 3.92. The molecule has 1 saturated heterocycles. The fraction of sp³-hybridized carbons (Fsp3) is 0.406. The zero-order valence-electron chi connectivity index (χ0n) is 23.6. The lowest BCUT2D eigenvalue weighted by Gasteiger charge is -2.42. The first-order chi connectivity index (χ1) is 19.9. The van der Waals surface area contributed by atoms with Crippen LogP contribution in [0.1, 0.15) is 42.5 Å². The minimum absolute atomic E-state index is 0.0395. The third-order valence-corrected chi connectivity index (χ3v) is 8.16. The Bertz CT molecular complexity index is 1330. The van der Waals surface area contributed by atoms with Crippen molar-refractivity contribution in [3.63, 3.8) is 0 Å². The van der Waals surface area contributed by atoms with Gasteiger partial charge >= 0.3 is 0 Å². The monoisotopic (exact) mass is 558 g/mol. The lowest BCUT2D eigenvalue weighted by Crippen LogP contribution is -2.52. The van der Waals surface area contributed by atoms with Gasteiger partial charge in [-0.05, 0) is 74.2 Å². The number of amides is 3. The van der Waals surface area contributed by atoms with Gasteiger partial charge in [0, 0.05) is 44.8 Å². The minimum Gasteiger partial charge on any atom is -0.491 e. The van der Waals surface area contributed by atoms with E-state index in [0.717, 1.165) is 24.9 Å². The number of fused-ring (bicyclic) bond motifs is 1. The highest BCUT2D eigenvalue weighted by Gasteiger charge is 2.43. The maximum atomic E-state index is 13.8. The van der Waals surface area contributed by atoms with E-state index in [1.54, 1.807) is 21.9 Å². The van der Waals surface area contributed by atoms with Crippen LogP contribution in [0.5, 0.6) is 11.5 Å². The molecule has 0 bridgehead atoms. The summed E-state index contributed by atoms with van der Waals surface area (Å²) in [6.45, 7) is 2.21. The Morgan fingerprint density at radius 3 is 2.41 bits per heavy atom. The number of likely N-dealkylation sites (tertiary alicyclic amines) is 1. The highest BCUT2D eigenvalue weighted by molar-refractivity contribution is 5.96. The largest absolute Gasteiger partial charge is 0.491 e. The molecule has 216 valence electrons. The highest BCUT2D eigenvalue weighted by atomic mass is 16.5. The number of aromatic nitrogens is 1. The molecule has 9 nitrogen and oxygen atoms in total. The molecule has 2 aromatic carbocycles. The number of piperidine rings is 1. The number of para-hydroxylation sites is 1. The van der Waals surface area contributed by atoms with E-state index < -0.39 is 5.41 Å². The van der Waals surface area contributed by atoms with Crippen LogP contribution in [0.4, 0.5) is 0 Å². The summed E-state index contributed by atoms with van der Waals surface area (Å²) in [6, 6.07) is 18.7. The molecule has 1 spiro atoms. The fourth-order valence-corrected chi connectivity index (χ4v) is 5.68. The van der Waals surface area contributed by atoms with Gasteiger partial charge in [0.2, 0.25) is 5.91 Å². The van der Waals surface area contributed by atoms with Gasteiger partial charge in [-0.2, -0.15) is 0 Å². The molecule has 0 unspecified atom stereocenters. The molecular formula is C32H38N4O5. The molecule has 1 fully saturated rings. The molecule has 1 N–H and O–H groups in total. The van der Waals surface area contributed by atoms with Gasteiger partial charge in [-0.3, -0.25) is 14.4 Å². The summed E-state index contributed by atoms with van der Waals surface area (Å²) in [4.78, 5) is 43.0. The van der Waals surface area contributed by atoms with Crippen molar-refractivity contribution in [3.8, 4) is 17.2 Å². The number of hydrogen-bond donors (Lipinski definition) is 1. The minimum atomic E-state index is -0.535. The van der Waals surface area contributed by atoms with Gasteiger partial charge in [0.1, 0.15) is 18.1 Å². The number of hydrogen-bond acceptors (Lipinski definition) is 5. The van der Waals surface area contributed by atoms with Crippen LogP contribution in [0.3, 0.4) is 0 Å². The summed E-state index contributed by atoms with van der Waals surface area (Å²) in [5.74, 6) is 1.03. The van der Waals surface area contributed by atoms with Gasteiger partial charge in [-0.25, -0.2) is 0 Å². The molecule has 0 aliphatic carbocycles. The topological polar surface area (TPSA) is 93.1 Å². The Morgan fingerprint density at radius 2 is 1.66 bits per heavy atom. The van der Waals surface area contributed by atoms with Crippen LogP contribution in [0.2, 0.25) is 0 Å². The Kier molecular flexibility index (Phi) is 8.91. The molecule has 3 heterocycles. The van der Waals surface area contributed by atoms with Crippen LogP contribution in [0.25, 0.3) is 5.69 Å². The van der Waals surface area contributed by atoms with Crippen LogP contribution in [-0.4, -0.2) is 78.5 Å². The second-order valence-corrected chi connectivity index (χ2v) is 10.8. The Morgan fingerprint density at radius 1 is 0.927 bits per heavy atom. The molecule has 0 radical (unpaired) electrons. The van der Waals surface area contributed by atoms with Gasteiger partial charge in [0.25, 0.3) is 11.8 Å². The summed E-state index contributed by atoms with van der Waals surface area (Å²) < 4.78 is 13.7. The van der Waals surface area contributed by atoms with E-state index in [-0.39, 0.29) is 30.9 Å². The maximum Gasteiger partial charge on any atom is 0.260 e. The van der Waals surface area contributed by atoms with E-state index in [4.69, 9.17) is 9.47 Å². The molecule has 9 heteroatoms. The molecule has 1 aromatic heterocycles. The van der Waals surface area contributed by atoms with Gasteiger partial charge in [0.05, 0.1) is 17.5 Å². The first kappa shape index (κ1) is 28.3. The molecule has 2 aliphatic heterocycles. The standard InChI is InChI=1S/C32H38N4O5/c1-34-22-23-40-28-9-3-2-8-27(28)30(38)33-17-5-4-14-32(31(34)39)15-20-36(21-16-32)29(37)24-41-26-12-10-25(11-13-26)35-18-6-7-19-35/h2-3,6-13,18-19H,4-5,14-17,20-24H2,1H3,(H,33,38). The van der Waals surface area contributed by atoms with Crippen LogP contribution in [-0.2, 0) is 9.59 Å². The van der Waals surface area contributed by atoms with E-state index in [1.165, 1.54) is 0 Å². The summed E-state index contributed by atoms with van der Waals surface area (Å²) in [5.41, 5.74) is 0.990. The zero-order chi connectivity index (χ0) is 28.7. The number of benzene rings is 2. The molecule has 2 aliphatic rings. The number of likely N-dealkylation sites (N-methyl/N-ethyl adjacent to an activating group) is 1. The number of carbonyl (C=O) groups excluding carboxylic acids is 3. The van der Waals surface area contributed by atoms with Crippen molar-refractivity contribution in [3.05, 3.63) is 78.6 Å². The normalized spacial score (nSPS) is 18.2. The Hall–Kier alpha value is -4.27. The lowest BCUT2D eigenvalue weighted by molar-refractivity contribution is -0.148. The summed E-state index contributed by atoms with van der Waals surface area (Å²) in [6.07, 6.45) is 7.45. The number of carbonyl (C=O) groups is 3. The van der Waals surface area contributed by atoms with Crippen molar-refractivity contribution in [1.82, 2.24) is 19.7 Å². The third-order valence-electron chi connectivity index (χ3n) is 8.16. The van der Waals surface area contributed by atoms with Crippen LogP contribution >= 0.6 is 0 Å². The average molecular weight is 559 g/mol. The molecule has 41 heavy (non-hydrogen) atoms. The van der Waals surface area contributed by atoms with Gasteiger partial charge in [-0.1, -0.05) is 18.6 Å². The Labute approximate surface area is 241 Å². The van der Waals surface area contributed by atoms with Crippen molar-refractivity contribution in [1.29, 1.82) is 0 Å². The van der Waals surface area contributed by atoms with Crippen molar-refractivity contribution in [2.75, 3.05) is 46.4 Å². The molecule has 3 amide bonds. The van der Waals surface area contributed by atoms with Crippen molar-refractivity contribution in [2.45, 2.75) is 32.1 Å². The van der Waals surface area contributed by atoms with Crippen molar-refractivity contribution in [2.24, 2.45) is 5.41 Å². The van der Waals surface area contributed by atoms with Gasteiger partial charge < -0.3 is 29.2 Å². The second kappa shape index (κ2) is 12.9. The average Bonchev–Trinajstić information content (AvgIpc) is 3.55. The van der Waals surface area contributed by atoms with Crippen LogP contribution in [0.15, 0.2) is 73.1 Å². The number of nitrogens with one attached hydrogen (secondary N) is 1. The fourth-order valence-electron chi connectivity index (χ4n) is 5.68. The van der Waals surface area contributed by atoms with Crippen molar-refractivity contribution >= 4 is 17.7 Å². The zero-order valence-corrected chi connectivity index (χ0v) is 23.6. The van der Waals surface area contributed by atoms with Crippen molar-refractivity contribution < 1.29 is 23.9 Å². The van der Waals surface area contributed by atoms with Gasteiger partial charge in [0.15, 0.2) is 6.61 Å². The number of ether oxygens (including phenoxy) is 2. The van der Waals surface area contributed by atoms with E-state index in [2.05, 4.69) is 5.32 Å². The molecule has 5 rings (SSSR count). The first-order valence-corrected chi connectivity index (χ1v) is 14.3. The molecule has 0 atom stereocenters. The number of rotatable bonds is 4. The van der Waals surface area contributed by atoms with Crippen LogP contribution in [0, 0.1) is 5.41 Å².